The Morgan fingerprint density at radius 1 is 1.15 bits per heavy atom. The quantitative estimate of drug-likeness (QED) is 0.510. The number of fused-ring (bicyclic) bond motifs is 1. The van der Waals surface area contributed by atoms with Gasteiger partial charge in [0.2, 0.25) is 0 Å². The molecule has 1 fully saturated rings. The van der Waals surface area contributed by atoms with E-state index in [4.69, 9.17) is 0 Å². The van der Waals surface area contributed by atoms with E-state index in [0.29, 0.717) is 31.2 Å². The van der Waals surface area contributed by atoms with E-state index in [1.807, 2.05) is 0 Å². The molecule has 1 aromatic heterocycles. The number of aliphatic hydroxyl groups is 1. The minimum absolute atomic E-state index is 0.207. The fourth-order valence-corrected chi connectivity index (χ4v) is 4.77. The lowest BCUT2D eigenvalue weighted by atomic mass is 10.0. The van der Waals surface area contributed by atoms with Crippen molar-refractivity contribution in [1.82, 2.24) is 4.98 Å². The number of carboxylic acids is 1. The van der Waals surface area contributed by atoms with Crippen molar-refractivity contribution in [2.75, 3.05) is 41.8 Å². The van der Waals surface area contributed by atoms with Crippen molar-refractivity contribution >= 4 is 28.7 Å². The van der Waals surface area contributed by atoms with Gasteiger partial charge in [0.25, 0.3) is 0 Å². The highest BCUT2D eigenvalue weighted by Crippen LogP contribution is 2.37. The highest BCUT2D eigenvalue weighted by atomic mass is 16.4. The SMILES string of the molecule is CN(c1ccc(N2CC(O)C2)cc1)c1ccc2c(c1)CC[C@H]2CNc1cnccc1C(=O)O. The van der Waals surface area contributed by atoms with Crippen LogP contribution in [0, 0.1) is 0 Å². The second-order valence-corrected chi connectivity index (χ2v) is 8.86. The number of anilines is 4. The molecule has 1 aliphatic heterocycles. The van der Waals surface area contributed by atoms with Crippen LogP contribution in [0.1, 0.15) is 33.8 Å². The molecule has 33 heavy (non-hydrogen) atoms. The van der Waals surface area contributed by atoms with Gasteiger partial charge >= 0.3 is 5.97 Å². The van der Waals surface area contributed by atoms with Gasteiger partial charge in [0.1, 0.15) is 0 Å². The summed E-state index contributed by atoms with van der Waals surface area (Å²) in [5.41, 5.74) is 6.89. The van der Waals surface area contributed by atoms with Crippen molar-refractivity contribution in [2.45, 2.75) is 24.9 Å². The van der Waals surface area contributed by atoms with Gasteiger partial charge in [-0.05, 0) is 66.4 Å². The number of hydrogen-bond donors (Lipinski definition) is 3. The van der Waals surface area contributed by atoms with E-state index in [-0.39, 0.29) is 11.7 Å². The Morgan fingerprint density at radius 2 is 1.91 bits per heavy atom. The van der Waals surface area contributed by atoms with E-state index in [0.717, 1.165) is 29.9 Å². The first-order chi connectivity index (χ1) is 16.0. The molecule has 7 heteroatoms. The monoisotopic (exact) mass is 444 g/mol. The normalized spacial score (nSPS) is 17.4. The van der Waals surface area contributed by atoms with Crippen LogP contribution in [0.5, 0.6) is 0 Å². The number of aliphatic hydroxyl groups excluding tert-OH is 1. The predicted molar refractivity (Wildman–Crippen MR) is 130 cm³/mol. The standard InChI is InChI=1S/C26H28N4O3/c1-29(19-4-6-20(7-5-19)30-15-22(31)16-30)21-8-9-23-17(12-21)2-3-18(23)13-28-25-14-27-11-10-24(25)26(32)33/h4-12,14,18,22,28,31H,2-3,13,15-16H2,1H3,(H,32,33)/t18-/m0/s1. The molecule has 0 bridgehead atoms. The molecule has 170 valence electrons. The highest BCUT2D eigenvalue weighted by molar-refractivity contribution is 5.93. The lowest BCUT2D eigenvalue weighted by molar-refractivity contribution is 0.0697. The first-order valence-electron chi connectivity index (χ1n) is 11.3. The van der Waals surface area contributed by atoms with Crippen LogP contribution in [0.25, 0.3) is 0 Å². The zero-order valence-electron chi connectivity index (χ0n) is 18.6. The Bertz CT molecular complexity index is 1160. The summed E-state index contributed by atoms with van der Waals surface area (Å²) in [5.74, 6) is -0.609. The fraction of sp³-hybridized carbons (Fsp3) is 0.308. The molecule has 0 unspecified atom stereocenters. The molecule has 2 aromatic carbocycles. The molecule has 2 aliphatic rings. The number of aryl methyl sites for hydroxylation is 1. The van der Waals surface area contributed by atoms with Crippen LogP contribution < -0.4 is 15.1 Å². The first kappa shape index (κ1) is 21.3. The average molecular weight is 445 g/mol. The molecule has 0 saturated carbocycles. The second kappa shape index (κ2) is 8.75. The molecule has 2 heterocycles. The van der Waals surface area contributed by atoms with Gasteiger partial charge < -0.3 is 25.3 Å². The van der Waals surface area contributed by atoms with Crippen molar-refractivity contribution in [1.29, 1.82) is 0 Å². The van der Waals surface area contributed by atoms with Crippen LogP contribution in [-0.2, 0) is 6.42 Å². The molecule has 0 radical (unpaired) electrons. The maximum atomic E-state index is 11.4. The number of carboxylic acid groups (broad SMARTS) is 1. The molecule has 1 saturated heterocycles. The van der Waals surface area contributed by atoms with E-state index < -0.39 is 5.97 Å². The van der Waals surface area contributed by atoms with Crippen molar-refractivity contribution in [3.63, 3.8) is 0 Å². The van der Waals surface area contributed by atoms with E-state index in [9.17, 15) is 15.0 Å². The van der Waals surface area contributed by atoms with Crippen LogP contribution in [-0.4, -0.2) is 54.0 Å². The van der Waals surface area contributed by atoms with Crippen molar-refractivity contribution in [3.8, 4) is 0 Å². The molecule has 1 aliphatic carbocycles. The third-order valence-electron chi connectivity index (χ3n) is 6.77. The summed E-state index contributed by atoms with van der Waals surface area (Å²) in [6.45, 7) is 2.09. The molecule has 3 N–H and O–H groups in total. The summed E-state index contributed by atoms with van der Waals surface area (Å²) >= 11 is 0. The van der Waals surface area contributed by atoms with Crippen LogP contribution >= 0.6 is 0 Å². The van der Waals surface area contributed by atoms with Crippen LogP contribution in [0.2, 0.25) is 0 Å². The molecule has 3 aromatic rings. The fourth-order valence-electron chi connectivity index (χ4n) is 4.77. The summed E-state index contributed by atoms with van der Waals surface area (Å²) in [7, 11) is 2.08. The Morgan fingerprint density at radius 3 is 2.64 bits per heavy atom. The second-order valence-electron chi connectivity index (χ2n) is 8.86. The Hall–Kier alpha value is -3.58. The zero-order valence-corrected chi connectivity index (χ0v) is 18.6. The van der Waals surface area contributed by atoms with Crippen molar-refractivity contribution in [3.05, 3.63) is 77.6 Å². The molecular weight excluding hydrogens is 416 g/mol. The van der Waals surface area contributed by atoms with Crippen LogP contribution in [0.4, 0.5) is 22.7 Å². The number of rotatable bonds is 7. The summed E-state index contributed by atoms with van der Waals surface area (Å²) in [6, 6.07) is 16.6. The predicted octanol–water partition coefficient (Wildman–Crippen LogP) is 3.87. The van der Waals surface area contributed by atoms with Crippen LogP contribution in [0.3, 0.4) is 0 Å². The van der Waals surface area contributed by atoms with Gasteiger partial charge in [-0.15, -0.1) is 0 Å². The van der Waals surface area contributed by atoms with Gasteiger partial charge in [-0.3, -0.25) is 4.98 Å². The zero-order chi connectivity index (χ0) is 22.9. The number of nitrogens with zero attached hydrogens (tertiary/aromatic N) is 3. The minimum Gasteiger partial charge on any atom is -0.478 e. The molecule has 5 rings (SSSR count). The van der Waals surface area contributed by atoms with Gasteiger partial charge in [0, 0.05) is 55.9 Å². The number of aromatic nitrogens is 1. The summed E-state index contributed by atoms with van der Waals surface area (Å²) in [5, 5.41) is 22.2. The number of pyridine rings is 1. The molecular formula is C26H28N4O3. The minimum atomic E-state index is -0.949. The van der Waals surface area contributed by atoms with Crippen LogP contribution in [0.15, 0.2) is 60.9 Å². The lowest BCUT2D eigenvalue weighted by Gasteiger charge is -2.38. The molecule has 0 amide bonds. The van der Waals surface area contributed by atoms with Gasteiger partial charge in [0.15, 0.2) is 0 Å². The molecule has 1 atom stereocenters. The van der Waals surface area contributed by atoms with E-state index in [1.54, 1.807) is 6.20 Å². The Balaban J connectivity index is 1.26. The number of carbonyl (C=O) groups is 1. The first-order valence-corrected chi connectivity index (χ1v) is 11.3. The smallest absolute Gasteiger partial charge is 0.337 e. The third-order valence-corrected chi connectivity index (χ3v) is 6.77. The van der Waals surface area contributed by atoms with E-state index >= 15 is 0 Å². The number of benzene rings is 2. The summed E-state index contributed by atoms with van der Waals surface area (Å²) in [4.78, 5) is 19.9. The van der Waals surface area contributed by atoms with Gasteiger partial charge in [-0.25, -0.2) is 4.79 Å². The van der Waals surface area contributed by atoms with Crippen molar-refractivity contribution in [2.24, 2.45) is 0 Å². The van der Waals surface area contributed by atoms with Gasteiger partial charge in [-0.1, -0.05) is 6.07 Å². The maximum absolute atomic E-state index is 11.4. The van der Waals surface area contributed by atoms with Gasteiger partial charge in [-0.2, -0.15) is 0 Å². The van der Waals surface area contributed by atoms with E-state index in [1.165, 1.54) is 23.4 Å². The maximum Gasteiger partial charge on any atom is 0.337 e. The number of nitrogens with one attached hydrogen (secondary N) is 1. The summed E-state index contributed by atoms with van der Waals surface area (Å²) in [6.07, 6.45) is 4.92. The lowest BCUT2D eigenvalue weighted by Crippen LogP contribution is -2.50. The molecule has 7 nitrogen and oxygen atoms in total. The Labute approximate surface area is 193 Å². The van der Waals surface area contributed by atoms with Crippen molar-refractivity contribution < 1.29 is 15.0 Å². The number of β-amino-alcohol motifs (C(OH)–C–C–N with tert-alkyl or cyclic N) is 1. The average Bonchev–Trinajstić information content (AvgIpc) is 3.22. The van der Waals surface area contributed by atoms with Gasteiger partial charge in [0.05, 0.1) is 23.6 Å². The highest BCUT2D eigenvalue weighted by Gasteiger charge is 2.25. The third kappa shape index (κ3) is 4.24. The molecule has 0 spiro atoms. The van der Waals surface area contributed by atoms with E-state index in [2.05, 4.69) is 69.6 Å². The topological polar surface area (TPSA) is 88.9 Å². The Kier molecular flexibility index (Phi) is 5.64. The largest absolute Gasteiger partial charge is 0.478 e. The number of hydrogen-bond acceptors (Lipinski definition) is 6. The summed E-state index contributed by atoms with van der Waals surface area (Å²) < 4.78 is 0. The number of aromatic carboxylic acids is 1.